The lowest BCUT2D eigenvalue weighted by atomic mass is 9.87. The number of rotatable bonds is 12. The van der Waals surface area contributed by atoms with Crippen molar-refractivity contribution < 1.29 is 43.5 Å². The second kappa shape index (κ2) is 13.9. The van der Waals surface area contributed by atoms with Gasteiger partial charge in [-0.05, 0) is 80.7 Å². The summed E-state index contributed by atoms with van der Waals surface area (Å²) in [6.45, 7) is 3.00. The Kier molecular flexibility index (Phi) is 10.7. The number of ketones is 1. The molecule has 2 aromatic carbocycles. The number of allylic oxidation sites excluding steroid dienone is 2. The first-order valence-corrected chi connectivity index (χ1v) is 13.0. The minimum atomic E-state index is -1.15. The van der Waals surface area contributed by atoms with Crippen LogP contribution < -0.4 is 18.9 Å². The average molecular weight is 579 g/mol. The molecule has 0 radical (unpaired) electrons. The zero-order chi connectivity index (χ0) is 28.5. The van der Waals surface area contributed by atoms with E-state index in [2.05, 4.69) is 0 Å². The van der Waals surface area contributed by atoms with Gasteiger partial charge < -0.3 is 29.2 Å². The fourth-order valence-electron chi connectivity index (χ4n) is 4.00. The Bertz CT molecular complexity index is 1220. The number of carboxylic acid groups (broad SMARTS) is 2. The van der Waals surface area contributed by atoms with Crippen LogP contribution in [0, 0.1) is 0 Å². The van der Waals surface area contributed by atoms with Crippen molar-refractivity contribution in [2.75, 3.05) is 26.4 Å². The summed E-state index contributed by atoms with van der Waals surface area (Å²) in [5.74, 6) is -1.64. The first-order valence-electron chi connectivity index (χ1n) is 12.2. The number of carboxylic acids is 2. The van der Waals surface area contributed by atoms with E-state index < -0.39 is 25.2 Å². The van der Waals surface area contributed by atoms with Crippen molar-refractivity contribution in [2.24, 2.45) is 0 Å². The molecule has 1 aliphatic carbocycles. The summed E-state index contributed by atoms with van der Waals surface area (Å²) in [6, 6.07) is 6.47. The molecule has 9 nitrogen and oxygen atoms in total. The van der Waals surface area contributed by atoms with Crippen molar-refractivity contribution in [2.45, 2.75) is 33.1 Å². The second-order valence-corrected chi connectivity index (χ2v) is 9.23. The van der Waals surface area contributed by atoms with Gasteiger partial charge in [-0.15, -0.1) is 0 Å². The van der Waals surface area contributed by atoms with Gasteiger partial charge in [0.1, 0.15) is 0 Å². The van der Waals surface area contributed by atoms with Gasteiger partial charge in [-0.1, -0.05) is 23.2 Å². The SMILES string of the molecule is CCOc1cc(/C=C2/CCC/C(=C\c3cc(Cl)c(OCC(=O)O)c(OCC)c3)C2=O)cc(Cl)c1OCC(=O)O. The number of aliphatic carboxylic acids is 2. The Morgan fingerprint density at radius 2 is 1.18 bits per heavy atom. The van der Waals surface area contributed by atoms with Crippen LogP contribution in [0.2, 0.25) is 10.0 Å². The quantitative estimate of drug-likeness (QED) is 0.294. The predicted octanol–water partition coefficient (Wildman–Crippen LogP) is 5.94. The highest BCUT2D eigenvalue weighted by molar-refractivity contribution is 6.33. The lowest BCUT2D eigenvalue weighted by Gasteiger charge is -2.18. The van der Waals surface area contributed by atoms with E-state index in [9.17, 15) is 14.4 Å². The lowest BCUT2D eigenvalue weighted by molar-refractivity contribution is -0.140. The summed E-state index contributed by atoms with van der Waals surface area (Å²) in [6.07, 6.45) is 5.31. The van der Waals surface area contributed by atoms with Gasteiger partial charge in [-0.25, -0.2) is 9.59 Å². The lowest BCUT2D eigenvalue weighted by Crippen LogP contribution is -2.13. The summed E-state index contributed by atoms with van der Waals surface area (Å²) in [5.41, 5.74) is 2.36. The van der Waals surface area contributed by atoms with Crippen LogP contribution in [-0.4, -0.2) is 54.4 Å². The van der Waals surface area contributed by atoms with E-state index in [0.29, 0.717) is 48.3 Å². The standard InChI is InChI=1S/C28H28Cl2O9/c1-3-36-22-12-16(10-20(29)27(22)38-14-24(31)32)8-18-6-5-7-19(26(18)35)9-17-11-21(30)28(39-15-25(33)34)23(13-17)37-4-2/h8-13H,3-7,14-15H2,1-2H3,(H,31,32)(H,33,34)/b18-8-,19-9+. The monoisotopic (exact) mass is 578 g/mol. The molecular weight excluding hydrogens is 551 g/mol. The van der Waals surface area contributed by atoms with Crippen LogP contribution in [0.15, 0.2) is 35.4 Å². The van der Waals surface area contributed by atoms with Gasteiger partial charge in [0.05, 0.1) is 23.3 Å². The molecular formula is C28H28Cl2O9. The zero-order valence-electron chi connectivity index (χ0n) is 21.4. The van der Waals surface area contributed by atoms with Crippen LogP contribution in [0.4, 0.5) is 0 Å². The van der Waals surface area contributed by atoms with Crippen LogP contribution in [0.5, 0.6) is 23.0 Å². The maximum absolute atomic E-state index is 13.4. The smallest absolute Gasteiger partial charge is 0.341 e. The molecule has 3 rings (SSSR count). The third kappa shape index (κ3) is 8.15. The number of ether oxygens (including phenoxy) is 4. The van der Waals surface area contributed by atoms with E-state index in [-0.39, 0.29) is 38.8 Å². The van der Waals surface area contributed by atoms with Gasteiger partial charge in [-0.2, -0.15) is 0 Å². The molecule has 0 amide bonds. The van der Waals surface area contributed by atoms with E-state index in [1.165, 1.54) is 0 Å². The molecule has 0 saturated heterocycles. The number of carbonyl (C=O) groups is 3. The third-order valence-electron chi connectivity index (χ3n) is 5.50. The summed E-state index contributed by atoms with van der Waals surface area (Å²) in [4.78, 5) is 35.2. The Hall–Kier alpha value is -3.69. The number of hydrogen-bond acceptors (Lipinski definition) is 7. The highest BCUT2D eigenvalue weighted by atomic mass is 35.5. The van der Waals surface area contributed by atoms with Gasteiger partial charge >= 0.3 is 11.9 Å². The molecule has 11 heteroatoms. The van der Waals surface area contributed by atoms with Crippen molar-refractivity contribution >= 4 is 53.1 Å². The van der Waals surface area contributed by atoms with E-state index in [1.807, 2.05) is 0 Å². The molecule has 0 aliphatic heterocycles. The van der Waals surface area contributed by atoms with Crippen molar-refractivity contribution in [3.05, 3.63) is 56.6 Å². The van der Waals surface area contributed by atoms with E-state index in [1.54, 1.807) is 50.3 Å². The first-order chi connectivity index (χ1) is 18.6. The van der Waals surface area contributed by atoms with Crippen LogP contribution in [0.3, 0.4) is 0 Å². The molecule has 0 unspecified atom stereocenters. The molecule has 0 heterocycles. The summed E-state index contributed by atoms with van der Waals surface area (Å²) in [7, 11) is 0. The highest BCUT2D eigenvalue weighted by Crippen LogP contribution is 2.40. The molecule has 39 heavy (non-hydrogen) atoms. The topological polar surface area (TPSA) is 129 Å². The number of halogens is 2. The van der Waals surface area contributed by atoms with Gasteiger partial charge in [-0.3, -0.25) is 4.79 Å². The fourth-order valence-corrected chi connectivity index (χ4v) is 4.54. The van der Waals surface area contributed by atoms with Gasteiger partial charge in [0.2, 0.25) is 0 Å². The Labute approximate surface area is 235 Å². The van der Waals surface area contributed by atoms with Gasteiger partial charge in [0.15, 0.2) is 42.0 Å². The minimum absolute atomic E-state index is 0.122. The van der Waals surface area contributed by atoms with Crippen LogP contribution in [0.1, 0.15) is 44.2 Å². The average Bonchev–Trinajstić information content (AvgIpc) is 2.85. The summed E-state index contributed by atoms with van der Waals surface area (Å²) in [5, 5.41) is 18.2. The first kappa shape index (κ1) is 29.9. The third-order valence-corrected chi connectivity index (χ3v) is 6.06. The molecule has 1 fully saturated rings. The molecule has 2 aromatic rings. The van der Waals surface area contributed by atoms with Gasteiger partial charge in [0.25, 0.3) is 0 Å². The summed E-state index contributed by atoms with van der Waals surface area (Å²) < 4.78 is 21.8. The van der Waals surface area contributed by atoms with Crippen LogP contribution >= 0.6 is 23.2 Å². The Morgan fingerprint density at radius 3 is 1.54 bits per heavy atom. The summed E-state index contributed by atoms with van der Waals surface area (Å²) >= 11 is 12.7. The Morgan fingerprint density at radius 1 is 0.769 bits per heavy atom. The molecule has 2 N–H and O–H groups in total. The molecule has 0 bridgehead atoms. The van der Waals surface area contributed by atoms with Crippen LogP contribution in [-0.2, 0) is 14.4 Å². The van der Waals surface area contributed by atoms with Crippen LogP contribution in [0.25, 0.3) is 12.2 Å². The maximum atomic E-state index is 13.4. The zero-order valence-corrected chi connectivity index (χ0v) is 22.9. The van der Waals surface area contributed by atoms with Crippen molar-refractivity contribution in [1.29, 1.82) is 0 Å². The number of hydrogen-bond donors (Lipinski definition) is 2. The fraction of sp³-hybridized carbons (Fsp3) is 0.321. The number of carbonyl (C=O) groups excluding carboxylic acids is 1. The van der Waals surface area contributed by atoms with Gasteiger partial charge in [0, 0.05) is 11.1 Å². The normalized spacial score (nSPS) is 15.3. The molecule has 1 saturated carbocycles. The maximum Gasteiger partial charge on any atom is 0.341 e. The number of benzene rings is 2. The highest BCUT2D eigenvalue weighted by Gasteiger charge is 2.22. The molecule has 0 atom stereocenters. The predicted molar refractivity (Wildman–Crippen MR) is 146 cm³/mol. The second-order valence-electron chi connectivity index (χ2n) is 8.41. The van der Waals surface area contributed by atoms with Crippen molar-refractivity contribution in [1.82, 2.24) is 0 Å². The molecule has 1 aliphatic rings. The molecule has 0 aromatic heterocycles. The van der Waals surface area contributed by atoms with E-state index in [4.69, 9.17) is 52.4 Å². The van der Waals surface area contributed by atoms with E-state index in [0.717, 1.165) is 6.42 Å². The number of Topliss-reactive ketones (excluding diaryl/α,β-unsaturated/α-hetero) is 1. The largest absolute Gasteiger partial charge is 0.490 e. The van der Waals surface area contributed by atoms with E-state index >= 15 is 0 Å². The van der Waals surface area contributed by atoms with Crippen molar-refractivity contribution in [3.8, 4) is 23.0 Å². The Balaban J connectivity index is 1.92. The van der Waals surface area contributed by atoms with Crippen molar-refractivity contribution in [3.63, 3.8) is 0 Å². The minimum Gasteiger partial charge on any atom is -0.490 e. The molecule has 208 valence electrons. The molecule has 0 spiro atoms.